The summed E-state index contributed by atoms with van der Waals surface area (Å²) in [6.45, 7) is 8.18. The fraction of sp³-hybridized carbons (Fsp3) is 0.423. The van der Waals surface area contributed by atoms with Crippen LogP contribution < -0.4 is 10.2 Å². The molecule has 32 heavy (non-hydrogen) atoms. The molecule has 2 aromatic carbocycles. The Morgan fingerprint density at radius 1 is 1.09 bits per heavy atom. The average Bonchev–Trinajstić information content (AvgIpc) is 2.75. The second kappa shape index (κ2) is 10.9. The quantitative estimate of drug-likeness (QED) is 0.723. The van der Waals surface area contributed by atoms with Gasteiger partial charge in [0.1, 0.15) is 0 Å². The first-order chi connectivity index (χ1) is 15.4. The highest BCUT2D eigenvalue weighted by atomic mass is 16.2. The zero-order chi connectivity index (χ0) is 23.1. The molecule has 1 aliphatic rings. The monoisotopic (exact) mass is 432 g/mol. The SMILES string of the molecule is Cc1cc(C)cc(N(CCC#N)C(=O)CN2CCC(NC(=O)c3ccccc3C)CC2)c1. The Labute approximate surface area is 190 Å². The molecule has 0 aliphatic carbocycles. The van der Waals surface area contributed by atoms with E-state index in [1.165, 1.54) is 0 Å². The number of hydrogen-bond donors (Lipinski definition) is 1. The summed E-state index contributed by atoms with van der Waals surface area (Å²) in [5, 5.41) is 12.2. The van der Waals surface area contributed by atoms with E-state index in [2.05, 4.69) is 22.4 Å². The lowest BCUT2D eigenvalue weighted by Gasteiger charge is -2.33. The van der Waals surface area contributed by atoms with Gasteiger partial charge < -0.3 is 10.2 Å². The van der Waals surface area contributed by atoms with Gasteiger partial charge in [-0.15, -0.1) is 0 Å². The van der Waals surface area contributed by atoms with Crippen molar-refractivity contribution in [2.75, 3.05) is 31.1 Å². The molecule has 6 heteroatoms. The summed E-state index contributed by atoms with van der Waals surface area (Å²) in [5.41, 5.74) is 4.73. The molecule has 0 unspecified atom stereocenters. The van der Waals surface area contributed by atoms with Crippen molar-refractivity contribution in [3.8, 4) is 6.07 Å². The molecule has 0 radical (unpaired) electrons. The molecule has 0 bridgehead atoms. The number of likely N-dealkylation sites (tertiary alicyclic amines) is 1. The molecular weight excluding hydrogens is 400 g/mol. The molecule has 1 fully saturated rings. The Morgan fingerprint density at radius 3 is 2.38 bits per heavy atom. The van der Waals surface area contributed by atoms with Gasteiger partial charge in [-0.2, -0.15) is 5.26 Å². The minimum Gasteiger partial charge on any atom is -0.349 e. The van der Waals surface area contributed by atoms with E-state index >= 15 is 0 Å². The Kier molecular flexibility index (Phi) is 8.02. The van der Waals surface area contributed by atoms with Crippen molar-refractivity contribution < 1.29 is 9.59 Å². The normalized spacial score (nSPS) is 14.6. The predicted molar refractivity (Wildman–Crippen MR) is 127 cm³/mol. The lowest BCUT2D eigenvalue weighted by molar-refractivity contribution is -0.120. The first-order valence-electron chi connectivity index (χ1n) is 11.2. The lowest BCUT2D eigenvalue weighted by atomic mass is 10.0. The van der Waals surface area contributed by atoms with Crippen molar-refractivity contribution in [3.05, 3.63) is 64.7 Å². The molecule has 0 saturated carbocycles. The van der Waals surface area contributed by atoms with Crippen molar-refractivity contribution in [2.24, 2.45) is 0 Å². The summed E-state index contributed by atoms with van der Waals surface area (Å²) < 4.78 is 0. The highest BCUT2D eigenvalue weighted by Gasteiger charge is 2.25. The van der Waals surface area contributed by atoms with Crippen LogP contribution in [0.5, 0.6) is 0 Å². The smallest absolute Gasteiger partial charge is 0.251 e. The molecule has 1 aliphatic heterocycles. The second-order valence-corrected chi connectivity index (χ2v) is 8.64. The Bertz CT molecular complexity index is 983. The predicted octanol–water partition coefficient (Wildman–Crippen LogP) is 3.75. The van der Waals surface area contributed by atoms with Crippen molar-refractivity contribution >= 4 is 17.5 Å². The van der Waals surface area contributed by atoms with Gasteiger partial charge in [-0.25, -0.2) is 0 Å². The summed E-state index contributed by atoms with van der Waals surface area (Å²) in [6, 6.07) is 15.9. The molecular formula is C26H32N4O2. The van der Waals surface area contributed by atoms with Gasteiger partial charge in [0.15, 0.2) is 0 Å². The number of carbonyl (C=O) groups excluding carboxylic acids is 2. The largest absolute Gasteiger partial charge is 0.349 e. The van der Waals surface area contributed by atoms with Gasteiger partial charge in [-0.3, -0.25) is 14.5 Å². The molecule has 168 valence electrons. The van der Waals surface area contributed by atoms with Crippen LogP contribution in [0.4, 0.5) is 5.69 Å². The number of nitriles is 1. The highest BCUT2D eigenvalue weighted by Crippen LogP contribution is 2.20. The summed E-state index contributed by atoms with van der Waals surface area (Å²) in [5.74, 6) is -0.0252. The lowest BCUT2D eigenvalue weighted by Crippen LogP contribution is -2.48. The van der Waals surface area contributed by atoms with Crippen LogP contribution in [0.1, 0.15) is 46.3 Å². The highest BCUT2D eigenvalue weighted by molar-refractivity contribution is 5.96. The van der Waals surface area contributed by atoms with Crippen molar-refractivity contribution in [2.45, 2.75) is 46.1 Å². The maximum Gasteiger partial charge on any atom is 0.251 e. The first-order valence-corrected chi connectivity index (χ1v) is 11.2. The standard InChI is InChI=1S/C26H32N4O2/c1-19-15-20(2)17-23(16-19)30(12-6-11-27)25(31)18-29-13-9-22(10-14-29)28-26(32)24-8-5-4-7-21(24)3/h4-5,7-8,15-17,22H,6,9-10,12-14,18H2,1-3H3,(H,28,32). The number of hydrogen-bond acceptors (Lipinski definition) is 4. The van der Waals surface area contributed by atoms with Crippen LogP contribution >= 0.6 is 0 Å². The number of amides is 2. The van der Waals surface area contributed by atoms with Crippen LogP contribution in [0.3, 0.4) is 0 Å². The van der Waals surface area contributed by atoms with Crippen LogP contribution in [0.15, 0.2) is 42.5 Å². The fourth-order valence-corrected chi connectivity index (χ4v) is 4.27. The first kappa shape index (κ1) is 23.5. The van der Waals surface area contributed by atoms with Gasteiger partial charge in [0, 0.05) is 36.9 Å². The van der Waals surface area contributed by atoms with E-state index in [0.717, 1.165) is 48.3 Å². The van der Waals surface area contributed by atoms with Crippen molar-refractivity contribution in [1.82, 2.24) is 10.2 Å². The number of nitrogens with zero attached hydrogens (tertiary/aromatic N) is 3. The van der Waals surface area contributed by atoms with E-state index in [4.69, 9.17) is 5.26 Å². The zero-order valence-corrected chi connectivity index (χ0v) is 19.2. The molecule has 1 heterocycles. The number of carbonyl (C=O) groups is 2. The molecule has 3 rings (SSSR count). The Morgan fingerprint density at radius 2 is 1.75 bits per heavy atom. The van der Waals surface area contributed by atoms with E-state index in [-0.39, 0.29) is 17.9 Å². The second-order valence-electron chi connectivity index (χ2n) is 8.64. The molecule has 0 atom stereocenters. The van der Waals surface area contributed by atoms with Crippen molar-refractivity contribution in [3.63, 3.8) is 0 Å². The summed E-state index contributed by atoms with van der Waals surface area (Å²) >= 11 is 0. The zero-order valence-electron chi connectivity index (χ0n) is 19.2. The third-order valence-electron chi connectivity index (χ3n) is 5.94. The van der Waals surface area contributed by atoms with Crippen LogP contribution in [0, 0.1) is 32.1 Å². The number of anilines is 1. The van der Waals surface area contributed by atoms with Gasteiger partial charge in [0.2, 0.25) is 5.91 Å². The minimum atomic E-state index is -0.0323. The van der Waals surface area contributed by atoms with E-state index in [9.17, 15) is 9.59 Å². The molecule has 2 amide bonds. The summed E-state index contributed by atoms with van der Waals surface area (Å²) in [6.07, 6.45) is 1.92. The van der Waals surface area contributed by atoms with Crippen LogP contribution in [0.2, 0.25) is 0 Å². The Balaban J connectivity index is 1.56. The van der Waals surface area contributed by atoms with E-state index < -0.39 is 0 Å². The van der Waals surface area contributed by atoms with Crippen molar-refractivity contribution in [1.29, 1.82) is 5.26 Å². The topological polar surface area (TPSA) is 76.4 Å². The molecule has 0 aromatic heterocycles. The minimum absolute atomic E-state index is 0.00708. The van der Waals surface area contributed by atoms with Gasteiger partial charge in [0.05, 0.1) is 19.0 Å². The van der Waals surface area contributed by atoms with Crippen LogP contribution in [-0.2, 0) is 4.79 Å². The number of nitrogens with one attached hydrogen (secondary N) is 1. The maximum atomic E-state index is 13.1. The average molecular weight is 433 g/mol. The molecule has 0 spiro atoms. The molecule has 1 saturated heterocycles. The van der Waals surface area contributed by atoms with Gasteiger partial charge in [0.25, 0.3) is 5.91 Å². The number of rotatable bonds is 7. The maximum absolute atomic E-state index is 13.1. The summed E-state index contributed by atoms with van der Waals surface area (Å²) in [4.78, 5) is 29.6. The fourth-order valence-electron chi connectivity index (χ4n) is 4.27. The number of benzene rings is 2. The molecule has 2 aromatic rings. The van der Waals surface area contributed by atoms with Gasteiger partial charge in [-0.05, 0) is 68.5 Å². The molecule has 6 nitrogen and oxygen atoms in total. The summed E-state index contributed by atoms with van der Waals surface area (Å²) in [7, 11) is 0. The van der Waals surface area contributed by atoms with Gasteiger partial charge in [-0.1, -0.05) is 24.3 Å². The van der Waals surface area contributed by atoms with E-state index in [1.54, 1.807) is 4.90 Å². The van der Waals surface area contributed by atoms with Crippen LogP contribution in [-0.4, -0.2) is 48.9 Å². The van der Waals surface area contributed by atoms with E-state index in [0.29, 0.717) is 25.1 Å². The molecule has 1 N–H and O–H groups in total. The van der Waals surface area contributed by atoms with E-state index in [1.807, 2.05) is 57.2 Å². The Hall–Kier alpha value is -3.17. The third-order valence-corrected chi connectivity index (χ3v) is 5.94. The third kappa shape index (κ3) is 6.18. The van der Waals surface area contributed by atoms with Gasteiger partial charge >= 0.3 is 0 Å². The number of aryl methyl sites for hydroxylation is 3. The van der Waals surface area contributed by atoms with Crippen LogP contribution in [0.25, 0.3) is 0 Å². The number of piperidine rings is 1.